The first-order chi connectivity index (χ1) is 20.4. The van der Waals surface area contributed by atoms with E-state index < -0.39 is 11.9 Å². The number of aryl methyl sites for hydroxylation is 1. The van der Waals surface area contributed by atoms with E-state index in [0.717, 1.165) is 27.6 Å². The highest BCUT2D eigenvalue weighted by atomic mass is 16.5. The Bertz CT molecular complexity index is 1770. The lowest BCUT2D eigenvalue weighted by atomic mass is 10.0. The molecule has 0 bridgehead atoms. The summed E-state index contributed by atoms with van der Waals surface area (Å²) >= 11 is 0. The van der Waals surface area contributed by atoms with Gasteiger partial charge in [-0.05, 0) is 42.3 Å². The Balaban J connectivity index is 1.39. The Morgan fingerprint density at radius 1 is 0.810 bits per heavy atom. The van der Waals surface area contributed by atoms with Gasteiger partial charge >= 0.3 is 5.97 Å². The van der Waals surface area contributed by atoms with Crippen molar-refractivity contribution in [1.29, 1.82) is 0 Å². The fraction of sp³-hybridized carbons (Fsp3) is 0.121. The molecule has 5 aromatic rings. The second-order valence-corrected chi connectivity index (χ2v) is 9.28. The Labute approximate surface area is 242 Å². The van der Waals surface area contributed by atoms with Gasteiger partial charge in [0.2, 0.25) is 5.75 Å². The number of aromatic amines is 1. The normalized spacial score (nSPS) is 11.0. The number of rotatable bonds is 9. The van der Waals surface area contributed by atoms with Gasteiger partial charge in [-0.3, -0.25) is 4.79 Å². The minimum Gasteiger partial charge on any atom is -0.493 e. The SMILES string of the molecule is COc1cc(C(=O)Oc2ccccc2C=NNC(=O)c2[nH]c3c(C)cccc3c2-c2ccccc2)cc(OC)c1OC. The number of carbonyl (C=O) groups is 2. The van der Waals surface area contributed by atoms with E-state index >= 15 is 0 Å². The average molecular weight is 564 g/mol. The fourth-order valence-electron chi connectivity index (χ4n) is 4.69. The number of carbonyl (C=O) groups excluding carboxylic acids is 2. The topological polar surface area (TPSA) is 111 Å². The summed E-state index contributed by atoms with van der Waals surface area (Å²) in [6.45, 7) is 1.99. The molecule has 9 heteroatoms. The van der Waals surface area contributed by atoms with Crippen molar-refractivity contribution in [3.63, 3.8) is 0 Å². The van der Waals surface area contributed by atoms with Crippen molar-refractivity contribution >= 4 is 29.0 Å². The molecule has 1 aromatic heterocycles. The lowest BCUT2D eigenvalue weighted by Crippen LogP contribution is -2.19. The first-order valence-electron chi connectivity index (χ1n) is 13.1. The molecule has 0 aliphatic rings. The molecule has 0 aliphatic heterocycles. The Morgan fingerprint density at radius 2 is 1.50 bits per heavy atom. The second-order valence-electron chi connectivity index (χ2n) is 9.28. The van der Waals surface area contributed by atoms with Crippen LogP contribution in [0.2, 0.25) is 0 Å². The molecular weight excluding hydrogens is 534 g/mol. The third kappa shape index (κ3) is 5.53. The van der Waals surface area contributed by atoms with Crippen LogP contribution in [0.1, 0.15) is 32.0 Å². The molecule has 9 nitrogen and oxygen atoms in total. The van der Waals surface area contributed by atoms with Crippen molar-refractivity contribution < 1.29 is 28.5 Å². The molecule has 0 radical (unpaired) electrons. The lowest BCUT2D eigenvalue weighted by Gasteiger charge is -2.14. The van der Waals surface area contributed by atoms with Crippen LogP contribution in [-0.2, 0) is 0 Å². The molecule has 2 N–H and O–H groups in total. The molecule has 4 aromatic carbocycles. The number of amides is 1. The first kappa shape index (κ1) is 28.0. The van der Waals surface area contributed by atoms with Gasteiger partial charge in [0, 0.05) is 22.0 Å². The summed E-state index contributed by atoms with van der Waals surface area (Å²) in [5.74, 6) is 0.209. The molecule has 1 heterocycles. The number of fused-ring (bicyclic) bond motifs is 1. The Morgan fingerprint density at radius 3 is 2.19 bits per heavy atom. The van der Waals surface area contributed by atoms with Crippen molar-refractivity contribution in [1.82, 2.24) is 10.4 Å². The number of nitrogens with one attached hydrogen (secondary N) is 2. The zero-order valence-corrected chi connectivity index (χ0v) is 23.6. The van der Waals surface area contributed by atoms with Crippen LogP contribution < -0.4 is 24.4 Å². The summed E-state index contributed by atoms with van der Waals surface area (Å²) in [6.07, 6.45) is 1.42. The molecule has 42 heavy (non-hydrogen) atoms. The first-order valence-corrected chi connectivity index (χ1v) is 13.1. The van der Waals surface area contributed by atoms with E-state index in [2.05, 4.69) is 15.5 Å². The second kappa shape index (κ2) is 12.3. The average Bonchev–Trinajstić information content (AvgIpc) is 3.42. The molecule has 0 aliphatic carbocycles. The Kier molecular flexibility index (Phi) is 8.19. The van der Waals surface area contributed by atoms with E-state index in [9.17, 15) is 9.59 Å². The van der Waals surface area contributed by atoms with Crippen molar-refractivity contribution in [2.75, 3.05) is 21.3 Å². The highest BCUT2D eigenvalue weighted by Crippen LogP contribution is 2.38. The number of para-hydroxylation sites is 2. The highest BCUT2D eigenvalue weighted by Gasteiger charge is 2.21. The maximum Gasteiger partial charge on any atom is 0.343 e. The molecule has 0 unspecified atom stereocenters. The van der Waals surface area contributed by atoms with Gasteiger partial charge in [0.15, 0.2) is 11.5 Å². The molecule has 0 saturated carbocycles. The van der Waals surface area contributed by atoms with Crippen molar-refractivity contribution in [2.24, 2.45) is 5.10 Å². The molecule has 0 spiro atoms. The van der Waals surface area contributed by atoms with Crippen LogP contribution in [0.3, 0.4) is 0 Å². The molecule has 212 valence electrons. The fourth-order valence-corrected chi connectivity index (χ4v) is 4.69. The molecular formula is C33H29N3O6. The van der Waals surface area contributed by atoms with Gasteiger partial charge in [0.05, 0.1) is 33.1 Å². The number of aromatic nitrogens is 1. The maximum atomic E-state index is 13.4. The zero-order chi connectivity index (χ0) is 29.6. The van der Waals surface area contributed by atoms with Gasteiger partial charge in [-0.1, -0.05) is 60.7 Å². The van der Waals surface area contributed by atoms with Gasteiger partial charge in [-0.15, -0.1) is 0 Å². The van der Waals surface area contributed by atoms with Crippen LogP contribution in [0.4, 0.5) is 0 Å². The van der Waals surface area contributed by atoms with Gasteiger partial charge in [0.25, 0.3) is 5.91 Å². The zero-order valence-electron chi connectivity index (χ0n) is 23.6. The molecule has 1 amide bonds. The third-order valence-electron chi connectivity index (χ3n) is 6.72. The Hall–Kier alpha value is -5.57. The summed E-state index contributed by atoms with van der Waals surface area (Å²) in [4.78, 5) is 29.7. The predicted molar refractivity (Wildman–Crippen MR) is 161 cm³/mol. The quantitative estimate of drug-likeness (QED) is 0.0963. The van der Waals surface area contributed by atoms with Crippen LogP contribution in [0, 0.1) is 6.92 Å². The molecule has 0 atom stereocenters. The standard InChI is InChI=1S/C33H29N3O6/c1-20-11-10-15-24-28(21-12-6-5-7-13-21)30(35-29(20)24)32(37)36-34-19-22-14-8-9-16-25(22)42-33(38)23-17-26(39-2)31(41-4)27(18-23)40-3/h5-19,35H,1-4H3,(H,36,37). The van der Waals surface area contributed by atoms with E-state index in [1.54, 1.807) is 24.3 Å². The number of hydrazone groups is 1. The maximum absolute atomic E-state index is 13.4. The number of ether oxygens (including phenoxy) is 4. The summed E-state index contributed by atoms with van der Waals surface area (Å²) in [6, 6.07) is 25.5. The van der Waals surface area contributed by atoms with E-state index in [1.165, 1.54) is 39.7 Å². The summed E-state index contributed by atoms with van der Waals surface area (Å²) < 4.78 is 21.7. The van der Waals surface area contributed by atoms with Gasteiger partial charge in [0.1, 0.15) is 11.4 Å². The number of esters is 1. The van der Waals surface area contributed by atoms with Crippen LogP contribution in [0.5, 0.6) is 23.0 Å². The van der Waals surface area contributed by atoms with Gasteiger partial charge in [-0.25, -0.2) is 10.2 Å². The van der Waals surface area contributed by atoms with E-state index in [0.29, 0.717) is 28.5 Å². The summed E-state index contributed by atoms with van der Waals surface area (Å²) in [5, 5.41) is 5.11. The van der Waals surface area contributed by atoms with Crippen molar-refractivity contribution in [3.05, 3.63) is 107 Å². The summed E-state index contributed by atoms with van der Waals surface area (Å²) in [7, 11) is 4.41. The molecule has 0 fully saturated rings. The third-order valence-corrected chi connectivity index (χ3v) is 6.72. The number of benzene rings is 4. The van der Waals surface area contributed by atoms with E-state index in [-0.39, 0.29) is 11.3 Å². The largest absolute Gasteiger partial charge is 0.493 e. The molecule has 5 rings (SSSR count). The lowest BCUT2D eigenvalue weighted by molar-refractivity contribution is 0.0733. The van der Waals surface area contributed by atoms with Crippen molar-refractivity contribution in [3.8, 4) is 34.1 Å². The van der Waals surface area contributed by atoms with Crippen LogP contribution >= 0.6 is 0 Å². The van der Waals surface area contributed by atoms with E-state index in [1.807, 2.05) is 55.5 Å². The van der Waals surface area contributed by atoms with Crippen molar-refractivity contribution in [2.45, 2.75) is 6.92 Å². The number of nitrogens with zero attached hydrogens (tertiary/aromatic N) is 1. The van der Waals surface area contributed by atoms with Crippen LogP contribution in [-0.4, -0.2) is 44.4 Å². The van der Waals surface area contributed by atoms with Crippen LogP contribution in [0.15, 0.2) is 90.0 Å². The number of hydrogen-bond donors (Lipinski definition) is 2. The number of hydrogen-bond acceptors (Lipinski definition) is 7. The monoisotopic (exact) mass is 563 g/mol. The number of H-pyrrole nitrogens is 1. The highest BCUT2D eigenvalue weighted by molar-refractivity contribution is 6.10. The number of methoxy groups -OCH3 is 3. The van der Waals surface area contributed by atoms with Crippen LogP contribution in [0.25, 0.3) is 22.0 Å². The van der Waals surface area contributed by atoms with E-state index in [4.69, 9.17) is 18.9 Å². The summed E-state index contributed by atoms with van der Waals surface area (Å²) in [5.41, 5.74) is 7.29. The van der Waals surface area contributed by atoms with Gasteiger partial charge < -0.3 is 23.9 Å². The predicted octanol–water partition coefficient (Wildman–Crippen LogP) is 6.15. The minimum atomic E-state index is -0.639. The minimum absolute atomic E-state index is 0.201. The molecule has 0 saturated heterocycles. The van der Waals surface area contributed by atoms with Gasteiger partial charge in [-0.2, -0.15) is 5.10 Å². The smallest absolute Gasteiger partial charge is 0.343 e.